The molecule has 1 fully saturated rings. The Morgan fingerprint density at radius 2 is 2.35 bits per heavy atom. The number of H-pyrrole nitrogens is 1. The van der Waals surface area contributed by atoms with Crippen LogP contribution in [0.4, 0.5) is 0 Å². The smallest absolute Gasteiger partial charge is 0.272 e. The van der Waals surface area contributed by atoms with E-state index in [4.69, 9.17) is 17.0 Å². The molecular formula is C14H18N2O2S2. The van der Waals surface area contributed by atoms with Crippen LogP contribution in [0.15, 0.2) is 16.2 Å². The Morgan fingerprint density at radius 3 is 3.00 bits per heavy atom. The zero-order valence-electron chi connectivity index (χ0n) is 11.8. The molecule has 0 radical (unpaired) electrons. The van der Waals surface area contributed by atoms with Gasteiger partial charge in [-0.15, -0.1) is 11.3 Å². The first-order valence-electron chi connectivity index (χ1n) is 6.80. The summed E-state index contributed by atoms with van der Waals surface area (Å²) in [6, 6.07) is 2.00. The standard InChI is InChI=1S/C14H18N2O2S2/c1-4-18-10-7-9(14(10,2)3)16-12(17)11-8(5-6-20-11)15-13(16)19/h5-6,9-10H,4,7H2,1-3H3,(H,15,19). The number of hydrogen-bond donors (Lipinski definition) is 1. The number of hydrogen-bond acceptors (Lipinski definition) is 4. The van der Waals surface area contributed by atoms with E-state index in [1.165, 1.54) is 11.3 Å². The largest absolute Gasteiger partial charge is 0.378 e. The van der Waals surface area contributed by atoms with Crippen LogP contribution in [0.2, 0.25) is 0 Å². The minimum Gasteiger partial charge on any atom is -0.378 e. The van der Waals surface area contributed by atoms with Gasteiger partial charge >= 0.3 is 0 Å². The van der Waals surface area contributed by atoms with Crippen molar-refractivity contribution in [3.05, 3.63) is 26.6 Å². The Balaban J connectivity index is 2.08. The number of aromatic nitrogens is 2. The van der Waals surface area contributed by atoms with Crippen molar-refractivity contribution in [2.24, 2.45) is 5.41 Å². The fourth-order valence-corrected chi connectivity index (χ4v) is 4.13. The van der Waals surface area contributed by atoms with Crippen molar-refractivity contribution >= 4 is 33.8 Å². The second kappa shape index (κ2) is 4.79. The average Bonchev–Trinajstić information content (AvgIpc) is 2.85. The van der Waals surface area contributed by atoms with Gasteiger partial charge in [0.15, 0.2) is 4.77 Å². The lowest BCUT2D eigenvalue weighted by atomic mass is 9.64. The second-order valence-corrected chi connectivity index (χ2v) is 7.09. The highest BCUT2D eigenvalue weighted by molar-refractivity contribution is 7.71. The van der Waals surface area contributed by atoms with Gasteiger partial charge in [0.25, 0.3) is 5.56 Å². The Morgan fingerprint density at radius 1 is 1.60 bits per heavy atom. The Labute approximate surface area is 126 Å². The molecule has 1 N–H and O–H groups in total. The zero-order valence-corrected chi connectivity index (χ0v) is 13.4. The predicted molar refractivity (Wildman–Crippen MR) is 84.1 cm³/mol. The first-order valence-corrected chi connectivity index (χ1v) is 8.09. The van der Waals surface area contributed by atoms with Crippen LogP contribution in [0.1, 0.15) is 33.2 Å². The topological polar surface area (TPSA) is 47.0 Å². The summed E-state index contributed by atoms with van der Waals surface area (Å²) in [5.74, 6) is 0. The summed E-state index contributed by atoms with van der Waals surface area (Å²) >= 11 is 6.84. The van der Waals surface area contributed by atoms with Crippen LogP contribution in [0.25, 0.3) is 10.2 Å². The number of thiophene rings is 1. The van der Waals surface area contributed by atoms with Crippen LogP contribution in [-0.4, -0.2) is 22.3 Å². The molecule has 6 heteroatoms. The Bertz CT molecular complexity index is 756. The van der Waals surface area contributed by atoms with E-state index < -0.39 is 0 Å². The maximum absolute atomic E-state index is 12.6. The number of nitrogens with one attached hydrogen (secondary N) is 1. The van der Waals surface area contributed by atoms with E-state index in [1.807, 2.05) is 18.4 Å². The SMILES string of the molecule is CCOC1CC(n2c(=S)[nH]c3ccsc3c2=O)C1(C)C. The molecule has 1 aliphatic carbocycles. The van der Waals surface area contributed by atoms with Crippen LogP contribution < -0.4 is 5.56 Å². The number of ether oxygens (including phenoxy) is 1. The van der Waals surface area contributed by atoms with Crippen molar-refractivity contribution in [2.45, 2.75) is 39.3 Å². The summed E-state index contributed by atoms with van der Waals surface area (Å²) in [6.45, 7) is 6.98. The highest BCUT2D eigenvalue weighted by Gasteiger charge is 2.50. The molecule has 2 aromatic rings. The van der Waals surface area contributed by atoms with E-state index in [0.29, 0.717) is 11.4 Å². The first-order chi connectivity index (χ1) is 9.46. The molecular weight excluding hydrogens is 292 g/mol. The molecule has 1 aliphatic rings. The van der Waals surface area contributed by atoms with Crippen molar-refractivity contribution in [3.63, 3.8) is 0 Å². The molecule has 1 saturated carbocycles. The van der Waals surface area contributed by atoms with Crippen molar-refractivity contribution in [1.29, 1.82) is 0 Å². The quantitative estimate of drug-likeness (QED) is 0.883. The summed E-state index contributed by atoms with van der Waals surface area (Å²) in [6.07, 6.45) is 1.03. The average molecular weight is 310 g/mol. The maximum atomic E-state index is 12.6. The van der Waals surface area contributed by atoms with E-state index in [2.05, 4.69) is 18.8 Å². The fraction of sp³-hybridized carbons (Fsp3) is 0.571. The van der Waals surface area contributed by atoms with Gasteiger partial charge in [0, 0.05) is 18.1 Å². The molecule has 0 aliphatic heterocycles. The maximum Gasteiger partial charge on any atom is 0.272 e. The van der Waals surface area contributed by atoms with Crippen molar-refractivity contribution in [2.75, 3.05) is 6.61 Å². The van der Waals surface area contributed by atoms with E-state index >= 15 is 0 Å². The molecule has 0 saturated heterocycles. The van der Waals surface area contributed by atoms with Gasteiger partial charge in [-0.25, -0.2) is 0 Å². The molecule has 20 heavy (non-hydrogen) atoms. The number of fused-ring (bicyclic) bond motifs is 1. The molecule has 2 unspecified atom stereocenters. The summed E-state index contributed by atoms with van der Waals surface area (Å²) in [5, 5.41) is 1.91. The third-order valence-corrected chi connectivity index (χ3v) is 5.55. The van der Waals surface area contributed by atoms with Crippen molar-refractivity contribution in [1.82, 2.24) is 9.55 Å². The van der Waals surface area contributed by atoms with E-state index in [1.54, 1.807) is 4.57 Å². The third kappa shape index (κ3) is 1.89. The lowest BCUT2D eigenvalue weighted by Crippen LogP contribution is -2.53. The summed E-state index contributed by atoms with van der Waals surface area (Å²) in [5.41, 5.74) is 0.776. The molecule has 0 amide bonds. The summed E-state index contributed by atoms with van der Waals surface area (Å²) < 4.78 is 8.73. The minimum absolute atomic E-state index is 0.0202. The number of aromatic amines is 1. The number of rotatable bonds is 3. The highest BCUT2D eigenvalue weighted by Crippen LogP contribution is 2.50. The minimum atomic E-state index is -0.0772. The van der Waals surface area contributed by atoms with Crippen molar-refractivity contribution < 1.29 is 4.74 Å². The molecule has 0 aromatic carbocycles. The monoisotopic (exact) mass is 310 g/mol. The lowest BCUT2D eigenvalue weighted by molar-refractivity contribution is -0.129. The van der Waals surface area contributed by atoms with Gasteiger partial charge in [-0.2, -0.15) is 0 Å². The van der Waals surface area contributed by atoms with E-state index in [-0.39, 0.29) is 23.1 Å². The predicted octanol–water partition coefficient (Wildman–Crippen LogP) is 3.50. The normalized spacial score (nSPS) is 24.8. The van der Waals surface area contributed by atoms with Gasteiger partial charge in [0.1, 0.15) is 4.70 Å². The zero-order chi connectivity index (χ0) is 14.5. The lowest BCUT2D eigenvalue weighted by Gasteiger charge is -2.51. The van der Waals surface area contributed by atoms with Gasteiger partial charge in [0.05, 0.1) is 11.6 Å². The molecule has 4 nitrogen and oxygen atoms in total. The molecule has 2 heterocycles. The molecule has 108 valence electrons. The molecule has 0 spiro atoms. The van der Waals surface area contributed by atoms with Crippen LogP contribution in [0.3, 0.4) is 0 Å². The van der Waals surface area contributed by atoms with Gasteiger partial charge in [-0.05, 0) is 37.0 Å². The molecule has 3 rings (SSSR count). The molecule has 0 bridgehead atoms. The Hall–Kier alpha value is -0.980. The first kappa shape index (κ1) is 14.0. The van der Waals surface area contributed by atoms with Crippen LogP contribution in [0.5, 0.6) is 0 Å². The van der Waals surface area contributed by atoms with Gasteiger partial charge in [0.2, 0.25) is 0 Å². The number of nitrogens with zero attached hydrogens (tertiary/aromatic N) is 1. The molecule has 2 aromatic heterocycles. The van der Waals surface area contributed by atoms with Gasteiger partial charge < -0.3 is 9.72 Å². The Kier molecular flexibility index (Phi) is 3.35. The summed E-state index contributed by atoms with van der Waals surface area (Å²) in [4.78, 5) is 15.8. The van der Waals surface area contributed by atoms with Crippen molar-refractivity contribution in [3.8, 4) is 0 Å². The fourth-order valence-electron chi connectivity index (χ4n) is 3.02. The van der Waals surface area contributed by atoms with E-state index in [0.717, 1.165) is 16.6 Å². The molecule has 2 atom stereocenters. The van der Waals surface area contributed by atoms with E-state index in [9.17, 15) is 4.79 Å². The third-order valence-electron chi connectivity index (χ3n) is 4.34. The summed E-state index contributed by atoms with van der Waals surface area (Å²) in [7, 11) is 0. The second-order valence-electron chi connectivity index (χ2n) is 5.79. The van der Waals surface area contributed by atoms with Crippen LogP contribution >= 0.6 is 23.6 Å². The highest BCUT2D eigenvalue weighted by atomic mass is 32.1. The van der Waals surface area contributed by atoms with Gasteiger partial charge in [-0.1, -0.05) is 13.8 Å². The van der Waals surface area contributed by atoms with Crippen LogP contribution in [0, 0.1) is 10.2 Å². The van der Waals surface area contributed by atoms with Gasteiger partial charge in [-0.3, -0.25) is 9.36 Å². The van der Waals surface area contributed by atoms with Crippen LogP contribution in [-0.2, 0) is 4.74 Å².